The lowest BCUT2D eigenvalue weighted by atomic mass is 9.91. The number of aryl methyl sites for hydroxylation is 1. The lowest BCUT2D eigenvalue weighted by Crippen LogP contribution is -2.09. The summed E-state index contributed by atoms with van der Waals surface area (Å²) in [6.07, 6.45) is 2.28. The molecule has 0 radical (unpaired) electrons. The molecule has 0 fully saturated rings. The Kier molecular flexibility index (Phi) is 6.00. The zero-order valence-corrected chi connectivity index (χ0v) is 14.2. The largest absolute Gasteiger partial charge is 0.496 e. The van der Waals surface area contributed by atoms with Crippen LogP contribution in [0.4, 0.5) is 0 Å². The summed E-state index contributed by atoms with van der Waals surface area (Å²) in [5, 5.41) is -0.00361. The van der Waals surface area contributed by atoms with Crippen LogP contribution in [0.5, 0.6) is 5.75 Å². The molecule has 0 aliphatic rings. The Morgan fingerprint density at radius 2 is 2.00 bits per heavy atom. The monoisotopic (exact) mass is 332 g/mol. The maximum atomic E-state index is 6.67. The van der Waals surface area contributed by atoms with Gasteiger partial charge in [0.25, 0.3) is 0 Å². The summed E-state index contributed by atoms with van der Waals surface area (Å²) in [4.78, 5) is 0. The number of halogens is 2. The summed E-state index contributed by atoms with van der Waals surface area (Å²) in [5.41, 5.74) is 3.44. The second-order valence-electron chi connectivity index (χ2n) is 4.91. The van der Waals surface area contributed by atoms with Crippen molar-refractivity contribution in [1.29, 1.82) is 0 Å². The normalized spacial score (nSPS) is 14.4. The number of alkyl halides is 1. The molecule has 0 bridgehead atoms. The molecule has 0 aliphatic heterocycles. The third-order valence-electron chi connectivity index (χ3n) is 3.43. The van der Waals surface area contributed by atoms with E-state index in [0.717, 1.165) is 34.2 Å². The molecule has 0 saturated carbocycles. The molecule has 102 valence electrons. The van der Waals surface area contributed by atoms with Crippen molar-refractivity contribution in [1.82, 2.24) is 0 Å². The standard InChI is InChI=1S/C15H22BrClO/c1-6-7-9(2)14(17)13-11(4)12(16)8-10(3)15(13)18-5/h8-9,14H,6-7H2,1-5H3. The smallest absolute Gasteiger partial charge is 0.126 e. The highest BCUT2D eigenvalue weighted by molar-refractivity contribution is 9.10. The second-order valence-corrected chi connectivity index (χ2v) is 6.24. The first kappa shape index (κ1) is 15.8. The first-order valence-electron chi connectivity index (χ1n) is 6.41. The minimum atomic E-state index is -0.00361. The van der Waals surface area contributed by atoms with E-state index in [4.69, 9.17) is 16.3 Å². The van der Waals surface area contributed by atoms with Gasteiger partial charge in [0.2, 0.25) is 0 Å². The summed E-state index contributed by atoms with van der Waals surface area (Å²) in [5.74, 6) is 1.37. The SMILES string of the molecule is CCCC(C)C(Cl)c1c(C)c(Br)cc(C)c1OC. The summed E-state index contributed by atoms with van der Waals surface area (Å²) >= 11 is 10.3. The minimum Gasteiger partial charge on any atom is -0.496 e. The second kappa shape index (κ2) is 6.81. The van der Waals surface area contributed by atoms with E-state index in [1.807, 2.05) is 0 Å². The molecule has 0 aliphatic carbocycles. The van der Waals surface area contributed by atoms with Crippen LogP contribution in [0.15, 0.2) is 10.5 Å². The van der Waals surface area contributed by atoms with Gasteiger partial charge in [0, 0.05) is 10.0 Å². The number of ether oxygens (including phenoxy) is 1. The van der Waals surface area contributed by atoms with E-state index < -0.39 is 0 Å². The molecule has 2 atom stereocenters. The Bertz CT molecular complexity index is 417. The maximum Gasteiger partial charge on any atom is 0.126 e. The molecular formula is C15H22BrClO. The first-order valence-corrected chi connectivity index (χ1v) is 7.64. The van der Waals surface area contributed by atoms with E-state index in [1.165, 1.54) is 5.56 Å². The van der Waals surface area contributed by atoms with Gasteiger partial charge in [-0.3, -0.25) is 0 Å². The molecule has 0 aromatic heterocycles. The van der Waals surface area contributed by atoms with Gasteiger partial charge in [0.05, 0.1) is 12.5 Å². The zero-order valence-electron chi connectivity index (χ0n) is 11.8. The van der Waals surface area contributed by atoms with E-state index in [0.29, 0.717) is 5.92 Å². The summed E-state index contributed by atoms with van der Waals surface area (Å²) in [6.45, 7) is 8.54. The van der Waals surface area contributed by atoms with E-state index in [1.54, 1.807) is 7.11 Å². The van der Waals surface area contributed by atoms with Crippen molar-refractivity contribution in [3.63, 3.8) is 0 Å². The van der Waals surface area contributed by atoms with E-state index in [-0.39, 0.29) is 5.38 Å². The number of hydrogen-bond acceptors (Lipinski definition) is 1. The van der Waals surface area contributed by atoms with Crippen LogP contribution in [0, 0.1) is 19.8 Å². The number of methoxy groups -OCH3 is 1. The molecule has 0 amide bonds. The minimum absolute atomic E-state index is 0.00361. The van der Waals surface area contributed by atoms with Crippen molar-refractivity contribution >= 4 is 27.5 Å². The summed E-state index contributed by atoms with van der Waals surface area (Å²) < 4.78 is 6.66. The fourth-order valence-electron chi connectivity index (χ4n) is 2.36. The lowest BCUT2D eigenvalue weighted by Gasteiger charge is -2.24. The lowest BCUT2D eigenvalue weighted by molar-refractivity contribution is 0.397. The fourth-order valence-corrected chi connectivity index (χ4v) is 3.31. The van der Waals surface area contributed by atoms with Crippen molar-refractivity contribution in [2.75, 3.05) is 7.11 Å². The third-order valence-corrected chi connectivity index (χ3v) is 4.90. The molecule has 18 heavy (non-hydrogen) atoms. The molecule has 1 aromatic rings. The topological polar surface area (TPSA) is 9.23 Å². The van der Waals surface area contributed by atoms with Crippen molar-refractivity contribution in [3.8, 4) is 5.75 Å². The van der Waals surface area contributed by atoms with Gasteiger partial charge < -0.3 is 4.74 Å². The highest BCUT2D eigenvalue weighted by Crippen LogP contribution is 2.43. The quantitative estimate of drug-likeness (QED) is 0.620. The zero-order chi connectivity index (χ0) is 13.9. The molecule has 0 saturated heterocycles. The molecule has 3 heteroatoms. The highest BCUT2D eigenvalue weighted by Gasteiger charge is 2.24. The van der Waals surface area contributed by atoms with Crippen LogP contribution in [0.1, 0.15) is 48.8 Å². The first-order chi connectivity index (χ1) is 8.43. The van der Waals surface area contributed by atoms with E-state index in [2.05, 4.69) is 49.7 Å². The van der Waals surface area contributed by atoms with Crippen LogP contribution in [0.25, 0.3) is 0 Å². The number of hydrogen-bond donors (Lipinski definition) is 0. The summed E-state index contributed by atoms with van der Waals surface area (Å²) in [6, 6.07) is 2.09. The average Bonchev–Trinajstić information content (AvgIpc) is 2.32. The third kappa shape index (κ3) is 3.21. The van der Waals surface area contributed by atoms with E-state index in [9.17, 15) is 0 Å². The van der Waals surface area contributed by atoms with Crippen molar-refractivity contribution in [3.05, 3.63) is 27.2 Å². The Morgan fingerprint density at radius 1 is 1.39 bits per heavy atom. The van der Waals surface area contributed by atoms with Crippen LogP contribution >= 0.6 is 27.5 Å². The van der Waals surface area contributed by atoms with Crippen LogP contribution in [-0.4, -0.2) is 7.11 Å². The maximum absolute atomic E-state index is 6.67. The van der Waals surface area contributed by atoms with Crippen molar-refractivity contribution in [2.45, 2.75) is 45.9 Å². The van der Waals surface area contributed by atoms with Gasteiger partial charge in [0.1, 0.15) is 5.75 Å². The number of rotatable bonds is 5. The number of benzene rings is 1. The molecular weight excluding hydrogens is 312 g/mol. The molecule has 0 heterocycles. The van der Waals surface area contributed by atoms with Gasteiger partial charge in [-0.15, -0.1) is 11.6 Å². The Hall–Kier alpha value is -0.210. The van der Waals surface area contributed by atoms with Crippen LogP contribution < -0.4 is 4.74 Å². The van der Waals surface area contributed by atoms with Crippen LogP contribution in [-0.2, 0) is 0 Å². The van der Waals surface area contributed by atoms with Gasteiger partial charge in [-0.1, -0.05) is 36.2 Å². The molecule has 1 aromatic carbocycles. The van der Waals surface area contributed by atoms with Gasteiger partial charge in [0.15, 0.2) is 0 Å². The average molecular weight is 334 g/mol. The molecule has 0 spiro atoms. The molecule has 2 unspecified atom stereocenters. The van der Waals surface area contributed by atoms with Gasteiger partial charge >= 0.3 is 0 Å². The van der Waals surface area contributed by atoms with Crippen molar-refractivity contribution in [2.24, 2.45) is 5.92 Å². The summed E-state index contributed by atoms with van der Waals surface area (Å²) in [7, 11) is 1.72. The Morgan fingerprint density at radius 3 is 2.50 bits per heavy atom. The van der Waals surface area contributed by atoms with Gasteiger partial charge in [-0.25, -0.2) is 0 Å². The van der Waals surface area contributed by atoms with Crippen LogP contribution in [0.2, 0.25) is 0 Å². The predicted molar refractivity (Wildman–Crippen MR) is 82.8 cm³/mol. The molecule has 1 nitrogen and oxygen atoms in total. The van der Waals surface area contributed by atoms with Crippen LogP contribution in [0.3, 0.4) is 0 Å². The van der Waals surface area contributed by atoms with Gasteiger partial charge in [-0.2, -0.15) is 0 Å². The fraction of sp³-hybridized carbons (Fsp3) is 0.600. The van der Waals surface area contributed by atoms with E-state index >= 15 is 0 Å². The molecule has 0 N–H and O–H groups in total. The highest BCUT2D eigenvalue weighted by atomic mass is 79.9. The Balaban J connectivity index is 3.28. The molecule has 1 rings (SSSR count). The predicted octanol–water partition coefficient (Wildman–Crippen LogP) is 5.79. The Labute approximate surface area is 124 Å². The van der Waals surface area contributed by atoms with Crippen molar-refractivity contribution < 1.29 is 4.74 Å². The van der Waals surface area contributed by atoms with Gasteiger partial charge in [-0.05, 0) is 43.4 Å².